The molecule has 0 aromatic heterocycles. The minimum absolute atomic E-state index is 0.489. The molecule has 0 heterocycles. The normalized spacial score (nSPS) is 12.8. The van der Waals surface area contributed by atoms with Gasteiger partial charge >= 0.3 is 6.04 Å². The molecular formula is C11H21FO2. The van der Waals surface area contributed by atoms with Crippen molar-refractivity contribution in [2.75, 3.05) is 6.61 Å². The molecule has 0 aliphatic heterocycles. The summed E-state index contributed by atoms with van der Waals surface area (Å²) in [6.07, 6.45) is 6.12. The van der Waals surface area contributed by atoms with Crippen molar-refractivity contribution in [2.24, 2.45) is 0 Å². The Kier molecular flexibility index (Phi) is 8.84. The third-order valence-corrected chi connectivity index (χ3v) is 2.19. The molecular weight excluding hydrogens is 183 g/mol. The summed E-state index contributed by atoms with van der Waals surface area (Å²) >= 11 is 0. The predicted octanol–water partition coefficient (Wildman–Crippen LogP) is 3.25. The zero-order chi connectivity index (χ0) is 10.8. The van der Waals surface area contributed by atoms with Gasteiger partial charge in [-0.1, -0.05) is 39.0 Å². The van der Waals surface area contributed by atoms with Crippen LogP contribution >= 0.6 is 0 Å². The van der Waals surface area contributed by atoms with Gasteiger partial charge in [-0.15, -0.1) is 0 Å². The molecule has 0 aromatic carbocycles. The van der Waals surface area contributed by atoms with Gasteiger partial charge in [0.05, 0.1) is 0 Å². The third-order valence-electron chi connectivity index (χ3n) is 2.19. The van der Waals surface area contributed by atoms with Gasteiger partial charge in [-0.3, -0.25) is 4.79 Å². The van der Waals surface area contributed by atoms with E-state index in [0.29, 0.717) is 6.61 Å². The fourth-order valence-corrected chi connectivity index (χ4v) is 1.21. The van der Waals surface area contributed by atoms with Gasteiger partial charge in [0.2, 0.25) is 0 Å². The van der Waals surface area contributed by atoms with Gasteiger partial charge in [0, 0.05) is 6.61 Å². The lowest BCUT2D eigenvalue weighted by molar-refractivity contribution is -0.140. The lowest BCUT2D eigenvalue weighted by atomic mass is 10.1. The van der Waals surface area contributed by atoms with Crippen LogP contribution in [0, 0.1) is 0 Å². The topological polar surface area (TPSA) is 26.3 Å². The molecule has 1 unspecified atom stereocenters. The number of halogens is 1. The molecule has 0 N–H and O–H groups in total. The van der Waals surface area contributed by atoms with Crippen LogP contribution in [0.1, 0.15) is 52.4 Å². The molecule has 0 saturated carbocycles. The van der Waals surface area contributed by atoms with E-state index < -0.39 is 12.1 Å². The Bertz CT molecular complexity index is 148. The molecule has 0 bridgehead atoms. The summed E-state index contributed by atoms with van der Waals surface area (Å²) in [7, 11) is 0. The van der Waals surface area contributed by atoms with Crippen LogP contribution in [0.5, 0.6) is 0 Å². The Morgan fingerprint density at radius 3 is 2.36 bits per heavy atom. The van der Waals surface area contributed by atoms with Crippen molar-refractivity contribution in [1.82, 2.24) is 0 Å². The highest BCUT2D eigenvalue weighted by Crippen LogP contribution is 2.05. The maximum Gasteiger partial charge on any atom is 0.329 e. The lowest BCUT2D eigenvalue weighted by Crippen LogP contribution is -2.16. The van der Waals surface area contributed by atoms with Crippen LogP contribution < -0.4 is 0 Å². The molecule has 14 heavy (non-hydrogen) atoms. The van der Waals surface area contributed by atoms with E-state index in [1.54, 1.807) is 0 Å². The quantitative estimate of drug-likeness (QED) is 0.425. The third kappa shape index (κ3) is 8.17. The lowest BCUT2D eigenvalue weighted by Gasteiger charge is -2.06. The van der Waals surface area contributed by atoms with E-state index >= 15 is 0 Å². The van der Waals surface area contributed by atoms with Crippen LogP contribution in [0.25, 0.3) is 0 Å². The van der Waals surface area contributed by atoms with Crippen molar-refractivity contribution in [3.05, 3.63) is 0 Å². The Morgan fingerprint density at radius 1 is 1.21 bits per heavy atom. The summed E-state index contributed by atoms with van der Waals surface area (Å²) in [5.41, 5.74) is 0. The van der Waals surface area contributed by atoms with Crippen LogP contribution in [-0.4, -0.2) is 18.7 Å². The first kappa shape index (κ1) is 13.6. The largest absolute Gasteiger partial charge is 0.368 e. The van der Waals surface area contributed by atoms with Crippen molar-refractivity contribution in [1.29, 1.82) is 0 Å². The highest BCUT2D eigenvalue weighted by atomic mass is 19.1. The van der Waals surface area contributed by atoms with Crippen molar-refractivity contribution < 1.29 is 13.9 Å². The number of unbranched alkanes of at least 4 members (excludes halogenated alkanes) is 5. The van der Waals surface area contributed by atoms with Crippen molar-refractivity contribution in [3.63, 3.8) is 0 Å². The Hall–Kier alpha value is -0.440. The van der Waals surface area contributed by atoms with E-state index in [1.165, 1.54) is 32.6 Å². The van der Waals surface area contributed by atoms with Crippen LogP contribution in [-0.2, 0) is 9.53 Å². The molecule has 0 fully saturated rings. The summed E-state index contributed by atoms with van der Waals surface area (Å²) in [4.78, 5) is 10.2. The maximum absolute atomic E-state index is 12.0. The van der Waals surface area contributed by atoms with E-state index in [4.69, 9.17) is 4.74 Å². The first-order valence-corrected chi connectivity index (χ1v) is 5.49. The average Bonchev–Trinajstić information content (AvgIpc) is 2.16. The number of carbonyl (C=O) groups excluding carboxylic acids is 1. The summed E-state index contributed by atoms with van der Waals surface area (Å²) in [6.45, 7) is 4.11. The standard InChI is InChI=1S/C11H21FO2/c1-3-4-5-6-7-8-9-14-10(2)11(12)13/h10H,3-9H2,1-2H3. The molecule has 84 valence electrons. The van der Waals surface area contributed by atoms with E-state index in [1.807, 2.05) is 0 Å². The maximum atomic E-state index is 12.0. The van der Waals surface area contributed by atoms with E-state index in [0.717, 1.165) is 12.8 Å². The molecule has 2 nitrogen and oxygen atoms in total. The molecule has 0 aliphatic carbocycles. The van der Waals surface area contributed by atoms with Gasteiger partial charge in [0.25, 0.3) is 0 Å². The molecule has 1 atom stereocenters. The summed E-state index contributed by atoms with van der Waals surface area (Å²) < 4.78 is 17.0. The van der Waals surface area contributed by atoms with Gasteiger partial charge in [0.1, 0.15) is 6.10 Å². The molecule has 0 spiro atoms. The summed E-state index contributed by atoms with van der Waals surface area (Å²) in [5.74, 6) is 0. The smallest absolute Gasteiger partial charge is 0.329 e. The highest BCUT2D eigenvalue weighted by molar-refractivity contribution is 5.72. The number of rotatable bonds is 9. The molecule has 0 radical (unpaired) electrons. The van der Waals surface area contributed by atoms with Gasteiger partial charge in [0.15, 0.2) is 0 Å². The minimum Gasteiger partial charge on any atom is -0.368 e. The molecule has 0 aromatic rings. The van der Waals surface area contributed by atoms with E-state index in [9.17, 15) is 9.18 Å². The first-order chi connectivity index (χ1) is 6.68. The average molecular weight is 204 g/mol. The fourth-order valence-electron chi connectivity index (χ4n) is 1.21. The zero-order valence-electron chi connectivity index (χ0n) is 9.22. The van der Waals surface area contributed by atoms with E-state index in [2.05, 4.69) is 6.92 Å². The minimum atomic E-state index is -1.38. The fraction of sp³-hybridized carbons (Fsp3) is 0.909. The van der Waals surface area contributed by atoms with Crippen molar-refractivity contribution in [3.8, 4) is 0 Å². The van der Waals surface area contributed by atoms with E-state index in [-0.39, 0.29) is 0 Å². The number of ether oxygens (including phenoxy) is 1. The zero-order valence-corrected chi connectivity index (χ0v) is 9.22. The summed E-state index contributed by atoms with van der Waals surface area (Å²) in [6, 6.07) is -1.38. The predicted molar refractivity (Wildman–Crippen MR) is 54.9 cm³/mol. The monoisotopic (exact) mass is 204 g/mol. The van der Waals surface area contributed by atoms with Crippen LogP contribution in [0.15, 0.2) is 0 Å². The first-order valence-electron chi connectivity index (χ1n) is 5.49. The molecule has 0 rings (SSSR count). The molecule has 0 aliphatic rings. The number of hydrogen-bond donors (Lipinski definition) is 0. The SMILES string of the molecule is CCCCCCCCOC(C)C(=O)F. The number of hydrogen-bond acceptors (Lipinski definition) is 2. The second kappa shape index (κ2) is 9.13. The van der Waals surface area contributed by atoms with Crippen LogP contribution in [0.3, 0.4) is 0 Å². The second-order valence-corrected chi connectivity index (χ2v) is 3.58. The Morgan fingerprint density at radius 2 is 1.79 bits per heavy atom. The Balaban J connectivity index is 3.09. The van der Waals surface area contributed by atoms with Crippen LogP contribution in [0.4, 0.5) is 4.39 Å². The molecule has 3 heteroatoms. The van der Waals surface area contributed by atoms with Crippen molar-refractivity contribution >= 4 is 6.04 Å². The van der Waals surface area contributed by atoms with Crippen molar-refractivity contribution in [2.45, 2.75) is 58.5 Å². The Labute approximate surface area is 85.8 Å². The summed E-state index contributed by atoms with van der Waals surface area (Å²) in [5, 5.41) is 0. The molecule has 0 amide bonds. The highest BCUT2D eigenvalue weighted by Gasteiger charge is 2.10. The van der Waals surface area contributed by atoms with Gasteiger partial charge in [-0.25, -0.2) is 0 Å². The molecule has 0 saturated heterocycles. The van der Waals surface area contributed by atoms with Gasteiger partial charge in [-0.2, -0.15) is 4.39 Å². The number of carbonyl (C=O) groups is 1. The van der Waals surface area contributed by atoms with Gasteiger partial charge in [-0.05, 0) is 13.3 Å². The second-order valence-electron chi connectivity index (χ2n) is 3.58. The van der Waals surface area contributed by atoms with Crippen LogP contribution in [0.2, 0.25) is 0 Å². The van der Waals surface area contributed by atoms with Gasteiger partial charge < -0.3 is 4.74 Å².